The Hall–Kier alpha value is -0.0300. The van der Waals surface area contributed by atoms with Gasteiger partial charge in [0.15, 0.2) is 4.91 Å². The van der Waals surface area contributed by atoms with E-state index in [1.54, 1.807) is 0 Å². The third kappa shape index (κ3) is 2.07. The smallest absolute Gasteiger partial charge is 0.171 e. The Balaban J connectivity index is 2.32. The van der Waals surface area contributed by atoms with Crippen molar-refractivity contribution < 1.29 is 4.55 Å². The van der Waals surface area contributed by atoms with Crippen LogP contribution < -0.4 is 0 Å². The van der Waals surface area contributed by atoms with Gasteiger partial charge in [0.2, 0.25) is 0 Å². The first-order valence-corrected chi connectivity index (χ1v) is 6.88. The van der Waals surface area contributed by atoms with Gasteiger partial charge in [-0.3, -0.25) is 0 Å². The zero-order valence-corrected chi connectivity index (χ0v) is 9.24. The average molecular weight is 228 g/mol. The van der Waals surface area contributed by atoms with Gasteiger partial charge in [0.1, 0.15) is 15.4 Å². The minimum atomic E-state index is -0.940. The van der Waals surface area contributed by atoms with Gasteiger partial charge in [0, 0.05) is 5.56 Å². The predicted molar refractivity (Wildman–Crippen MR) is 62.9 cm³/mol. The lowest BCUT2D eigenvalue weighted by Crippen LogP contribution is -1.92. The van der Waals surface area contributed by atoms with E-state index in [9.17, 15) is 4.55 Å². The minimum Gasteiger partial charge on any atom is -0.600 e. The van der Waals surface area contributed by atoms with E-state index in [1.807, 2.05) is 36.4 Å². The molecule has 1 aromatic carbocycles. The van der Waals surface area contributed by atoms with Crippen molar-refractivity contribution in [2.45, 2.75) is 4.58 Å². The highest BCUT2D eigenvalue weighted by Crippen LogP contribution is 2.41. The van der Waals surface area contributed by atoms with Gasteiger partial charge in [0.05, 0.1) is 10.2 Å². The van der Waals surface area contributed by atoms with Crippen molar-refractivity contribution in [3.05, 3.63) is 42.0 Å². The summed E-state index contributed by atoms with van der Waals surface area (Å²) in [6, 6.07) is 9.78. The van der Waals surface area contributed by atoms with Crippen LogP contribution in [0.25, 0.3) is 4.91 Å². The van der Waals surface area contributed by atoms with Gasteiger partial charge < -0.3 is 4.55 Å². The number of thiol groups is 1. The Morgan fingerprint density at radius 3 is 2.54 bits per heavy atom. The quantitative estimate of drug-likeness (QED) is 0.454. The summed E-state index contributed by atoms with van der Waals surface area (Å²) in [5.74, 6) is 0. The highest BCUT2D eigenvalue weighted by molar-refractivity contribution is 8.77. The largest absolute Gasteiger partial charge is 0.600 e. The van der Waals surface area contributed by atoms with Crippen LogP contribution in [0.3, 0.4) is 0 Å². The Morgan fingerprint density at radius 1 is 1.31 bits per heavy atom. The van der Waals surface area contributed by atoms with E-state index in [1.165, 1.54) is 10.8 Å². The zero-order chi connectivity index (χ0) is 9.26. The van der Waals surface area contributed by atoms with Crippen molar-refractivity contribution in [2.75, 3.05) is 0 Å². The second kappa shape index (κ2) is 4.00. The van der Waals surface area contributed by atoms with E-state index in [-0.39, 0.29) is 4.58 Å². The lowest BCUT2D eigenvalue weighted by atomic mass is 10.2. The van der Waals surface area contributed by atoms with Crippen LogP contribution in [0.1, 0.15) is 5.56 Å². The SMILES string of the molecule is [O-][S+]1SC(S)C=C1c1ccccc1. The van der Waals surface area contributed by atoms with Gasteiger partial charge in [-0.15, -0.1) is 0 Å². The molecule has 0 spiro atoms. The van der Waals surface area contributed by atoms with E-state index >= 15 is 0 Å². The van der Waals surface area contributed by atoms with Gasteiger partial charge in [-0.05, 0) is 18.2 Å². The predicted octanol–water partition coefficient (Wildman–Crippen LogP) is 2.69. The summed E-state index contributed by atoms with van der Waals surface area (Å²) in [7, 11) is 0.427. The van der Waals surface area contributed by atoms with E-state index in [2.05, 4.69) is 12.6 Å². The average Bonchev–Trinajstić information content (AvgIpc) is 2.47. The fourth-order valence-corrected chi connectivity index (χ4v) is 4.71. The van der Waals surface area contributed by atoms with E-state index in [0.29, 0.717) is 0 Å². The third-order valence-corrected chi connectivity index (χ3v) is 5.54. The Kier molecular flexibility index (Phi) is 2.93. The maximum atomic E-state index is 11.5. The van der Waals surface area contributed by atoms with Crippen molar-refractivity contribution in [1.82, 2.24) is 0 Å². The number of hydrogen-bond acceptors (Lipinski definition) is 3. The van der Waals surface area contributed by atoms with Crippen LogP contribution in [0, 0.1) is 0 Å². The van der Waals surface area contributed by atoms with Crippen LogP contribution in [-0.4, -0.2) is 9.13 Å². The van der Waals surface area contributed by atoms with Crippen LogP contribution in [0.2, 0.25) is 0 Å². The molecule has 0 saturated heterocycles. The van der Waals surface area contributed by atoms with E-state index in [0.717, 1.165) is 10.5 Å². The topological polar surface area (TPSA) is 23.1 Å². The molecule has 1 aliphatic heterocycles. The van der Waals surface area contributed by atoms with Gasteiger partial charge in [0.25, 0.3) is 0 Å². The zero-order valence-electron chi connectivity index (χ0n) is 6.71. The molecule has 1 nitrogen and oxygen atoms in total. The van der Waals surface area contributed by atoms with Crippen molar-refractivity contribution in [1.29, 1.82) is 0 Å². The first kappa shape index (κ1) is 9.52. The van der Waals surface area contributed by atoms with Crippen molar-refractivity contribution >= 4 is 38.5 Å². The molecular formula is C9H8OS3. The van der Waals surface area contributed by atoms with Crippen LogP contribution in [-0.2, 0) is 10.2 Å². The Bertz CT molecular complexity index is 323. The first-order chi connectivity index (χ1) is 6.27. The monoisotopic (exact) mass is 228 g/mol. The molecule has 0 amide bonds. The van der Waals surface area contributed by atoms with E-state index < -0.39 is 10.2 Å². The molecule has 1 aliphatic rings. The van der Waals surface area contributed by atoms with Crippen LogP contribution in [0.5, 0.6) is 0 Å². The normalized spacial score (nSPS) is 27.4. The maximum absolute atomic E-state index is 11.5. The molecule has 0 bridgehead atoms. The first-order valence-electron chi connectivity index (χ1n) is 3.81. The van der Waals surface area contributed by atoms with Gasteiger partial charge in [-0.2, -0.15) is 12.6 Å². The molecule has 1 heterocycles. The second-order valence-electron chi connectivity index (χ2n) is 2.62. The van der Waals surface area contributed by atoms with Gasteiger partial charge in [-0.1, -0.05) is 18.2 Å². The highest BCUT2D eigenvalue weighted by atomic mass is 33.1. The Morgan fingerprint density at radius 2 is 2.00 bits per heavy atom. The molecular weight excluding hydrogens is 220 g/mol. The van der Waals surface area contributed by atoms with Crippen molar-refractivity contribution in [2.24, 2.45) is 0 Å². The summed E-state index contributed by atoms with van der Waals surface area (Å²) in [5, 5.41) is 0. The number of benzene rings is 1. The molecule has 68 valence electrons. The molecule has 13 heavy (non-hydrogen) atoms. The standard InChI is InChI=1S/C9H8OS3/c10-13-8(6-9(11)12-13)7-4-2-1-3-5-7/h1-6,9,11H. The van der Waals surface area contributed by atoms with Crippen molar-refractivity contribution in [3.8, 4) is 0 Å². The van der Waals surface area contributed by atoms with Crippen LogP contribution in [0.4, 0.5) is 0 Å². The van der Waals surface area contributed by atoms with E-state index in [4.69, 9.17) is 0 Å². The summed E-state index contributed by atoms with van der Waals surface area (Å²) >= 11 is 4.25. The van der Waals surface area contributed by atoms with Gasteiger partial charge in [-0.25, -0.2) is 0 Å². The molecule has 0 aliphatic carbocycles. The number of rotatable bonds is 1. The molecule has 0 radical (unpaired) electrons. The Labute approximate surface area is 89.6 Å². The molecule has 2 unspecified atom stereocenters. The molecule has 0 N–H and O–H groups in total. The summed E-state index contributed by atoms with van der Waals surface area (Å²) in [4.78, 5) is 0.894. The lowest BCUT2D eigenvalue weighted by Gasteiger charge is -2.04. The number of hydrogen-bond donors (Lipinski definition) is 1. The maximum Gasteiger partial charge on any atom is 0.171 e. The van der Waals surface area contributed by atoms with Crippen LogP contribution in [0.15, 0.2) is 36.4 Å². The molecule has 0 aromatic heterocycles. The lowest BCUT2D eigenvalue weighted by molar-refractivity contribution is 0.618. The summed E-state index contributed by atoms with van der Waals surface area (Å²) in [6.07, 6.45) is 1.94. The van der Waals surface area contributed by atoms with Crippen molar-refractivity contribution in [3.63, 3.8) is 0 Å². The highest BCUT2D eigenvalue weighted by Gasteiger charge is 2.29. The van der Waals surface area contributed by atoms with Crippen LogP contribution >= 0.6 is 23.4 Å². The molecule has 2 rings (SSSR count). The molecule has 4 heteroatoms. The van der Waals surface area contributed by atoms with Gasteiger partial charge >= 0.3 is 0 Å². The third-order valence-electron chi connectivity index (χ3n) is 1.72. The molecule has 0 saturated carbocycles. The molecule has 2 atom stereocenters. The summed E-state index contributed by atoms with van der Waals surface area (Å²) in [6.45, 7) is 0. The summed E-state index contributed by atoms with van der Waals surface area (Å²) in [5.41, 5.74) is 1.03. The molecule has 1 aromatic rings. The minimum absolute atomic E-state index is 0.0658. The summed E-state index contributed by atoms with van der Waals surface area (Å²) < 4.78 is 11.6. The second-order valence-corrected chi connectivity index (χ2v) is 6.62. The fraction of sp³-hybridized carbons (Fsp3) is 0.111. The fourth-order valence-electron chi connectivity index (χ4n) is 1.15. The molecule has 0 fully saturated rings.